The second kappa shape index (κ2) is 18.9. The van der Waals surface area contributed by atoms with Crippen LogP contribution in [0.1, 0.15) is 77.1 Å². The average Bonchev–Trinajstić information content (AvgIpc) is 4.06. The zero-order valence-corrected chi connectivity index (χ0v) is 36.8. The SMILES string of the molecule is COC(=O)N[C@H](C(=O)N1C[C@@H](C)C[C@H]1c1nc(-c2ccc(-c3ccc(-c4nc([C@@H]5C[C@H](C)CN5C(=O)[C@@H](NC(=O)OC)C5CCOCC5)[nH]c4Cl)cc3)cc2)c(Cl)[nH]1)C(C)C. The van der Waals surface area contributed by atoms with Gasteiger partial charge < -0.3 is 44.6 Å². The predicted molar refractivity (Wildman–Crippen MR) is 231 cm³/mol. The van der Waals surface area contributed by atoms with Gasteiger partial charge in [-0.2, -0.15) is 0 Å². The number of alkyl carbamates (subject to hydrolysis) is 2. The standard InChI is InChI=1S/C44H54Cl2N8O7/c1-23(2)33(49-43(57)59-5)41(55)53-21-24(3)19-31(53)39-47-34(37(45)51-39)28-11-7-26(8-12-28)27-9-13-29(14-10-27)35-38(46)52-40(48-35)32-20-25(4)22-54(32)42(56)36(50-44(58)60-6)30-15-17-61-18-16-30/h7-14,23-25,30-33,36H,15-22H2,1-6H3,(H,47,51)(H,48,52)(H,49,57)(H,50,58)/t24-,25-,31-,32-,33-,36-/m0/s1. The molecule has 4 amide bonds. The number of likely N-dealkylation sites (tertiary alicyclic amines) is 2. The molecule has 0 aliphatic carbocycles. The van der Waals surface area contributed by atoms with Crippen molar-refractivity contribution in [1.82, 2.24) is 40.4 Å². The summed E-state index contributed by atoms with van der Waals surface area (Å²) in [5.41, 5.74) is 4.74. The zero-order chi connectivity index (χ0) is 43.5. The summed E-state index contributed by atoms with van der Waals surface area (Å²) >= 11 is 13.5. The van der Waals surface area contributed by atoms with Gasteiger partial charge in [-0.05, 0) is 60.5 Å². The van der Waals surface area contributed by atoms with Gasteiger partial charge in [-0.3, -0.25) is 9.59 Å². The molecule has 0 radical (unpaired) electrons. The molecule has 326 valence electrons. The normalized spacial score (nSPS) is 21.7. The topological polar surface area (TPSA) is 184 Å². The molecule has 15 nitrogen and oxygen atoms in total. The van der Waals surface area contributed by atoms with Gasteiger partial charge >= 0.3 is 12.2 Å². The van der Waals surface area contributed by atoms with Crippen molar-refractivity contribution in [3.63, 3.8) is 0 Å². The minimum absolute atomic E-state index is 0.0724. The number of carbonyl (C=O) groups is 4. The maximum absolute atomic E-state index is 14.2. The van der Waals surface area contributed by atoms with Crippen molar-refractivity contribution in [2.45, 2.75) is 77.5 Å². The number of benzene rings is 2. The molecule has 17 heteroatoms. The lowest BCUT2D eigenvalue weighted by atomic mass is 9.90. The molecule has 4 N–H and O–H groups in total. The highest BCUT2D eigenvalue weighted by Gasteiger charge is 2.43. The minimum atomic E-state index is -0.746. The maximum Gasteiger partial charge on any atom is 0.407 e. The molecular formula is C44H54Cl2N8O7. The Balaban J connectivity index is 1.05. The number of amides is 4. The molecule has 5 heterocycles. The fraction of sp³-hybridized carbons (Fsp3) is 0.500. The molecule has 7 rings (SSSR count). The van der Waals surface area contributed by atoms with Crippen molar-refractivity contribution < 1.29 is 33.4 Å². The fourth-order valence-electron chi connectivity index (χ4n) is 8.85. The minimum Gasteiger partial charge on any atom is -0.453 e. The van der Waals surface area contributed by atoms with Crippen molar-refractivity contribution in [3.8, 4) is 33.6 Å². The highest BCUT2D eigenvalue weighted by atomic mass is 35.5. The van der Waals surface area contributed by atoms with Crippen molar-refractivity contribution in [3.05, 3.63) is 70.5 Å². The van der Waals surface area contributed by atoms with Gasteiger partial charge in [-0.1, -0.05) is 99.4 Å². The maximum atomic E-state index is 14.2. The fourth-order valence-corrected chi connectivity index (χ4v) is 9.34. The predicted octanol–water partition coefficient (Wildman–Crippen LogP) is 7.79. The molecule has 3 saturated heterocycles. The summed E-state index contributed by atoms with van der Waals surface area (Å²) in [6.45, 7) is 10.1. The lowest BCUT2D eigenvalue weighted by Gasteiger charge is -2.34. The number of hydrogen-bond donors (Lipinski definition) is 4. The lowest BCUT2D eigenvalue weighted by molar-refractivity contribution is -0.137. The summed E-state index contributed by atoms with van der Waals surface area (Å²) in [6.07, 6.45) is 1.42. The molecule has 3 fully saturated rings. The Morgan fingerprint density at radius 2 is 1.13 bits per heavy atom. The zero-order valence-electron chi connectivity index (χ0n) is 35.3. The molecule has 0 bridgehead atoms. The number of rotatable bonds is 11. The number of imidazole rings is 2. The van der Waals surface area contributed by atoms with Crippen LogP contribution < -0.4 is 10.6 Å². The number of aromatic amines is 2. The Hall–Kier alpha value is -5.12. The number of hydrogen-bond acceptors (Lipinski definition) is 9. The number of aromatic nitrogens is 4. The van der Waals surface area contributed by atoms with Crippen molar-refractivity contribution in [2.75, 3.05) is 40.5 Å². The van der Waals surface area contributed by atoms with Crippen LogP contribution in [0, 0.1) is 23.7 Å². The molecule has 2 aromatic heterocycles. The Kier molecular flexibility index (Phi) is 13.6. The second-order valence-electron chi connectivity index (χ2n) is 16.8. The molecule has 4 aromatic rings. The van der Waals surface area contributed by atoms with E-state index < -0.39 is 24.3 Å². The smallest absolute Gasteiger partial charge is 0.407 e. The molecule has 6 atom stereocenters. The van der Waals surface area contributed by atoms with Gasteiger partial charge in [-0.15, -0.1) is 0 Å². The Labute approximate surface area is 365 Å². The van der Waals surface area contributed by atoms with E-state index in [2.05, 4.69) is 34.4 Å². The molecule has 2 aromatic carbocycles. The third-order valence-electron chi connectivity index (χ3n) is 12.1. The van der Waals surface area contributed by atoms with E-state index in [9.17, 15) is 19.2 Å². The average molecular weight is 878 g/mol. The van der Waals surface area contributed by atoms with E-state index in [-0.39, 0.29) is 47.6 Å². The summed E-state index contributed by atoms with van der Waals surface area (Å²) in [7, 11) is 2.57. The summed E-state index contributed by atoms with van der Waals surface area (Å²) < 4.78 is 15.2. The van der Waals surface area contributed by atoms with E-state index in [4.69, 9.17) is 47.4 Å². The highest BCUT2D eigenvalue weighted by molar-refractivity contribution is 6.32. The van der Waals surface area contributed by atoms with Crippen molar-refractivity contribution >= 4 is 47.2 Å². The monoisotopic (exact) mass is 876 g/mol. The largest absolute Gasteiger partial charge is 0.453 e. The Morgan fingerprint density at radius 3 is 1.57 bits per heavy atom. The summed E-state index contributed by atoms with van der Waals surface area (Å²) in [5.74, 6) is 1.04. The molecule has 0 saturated carbocycles. The van der Waals surface area contributed by atoms with Crippen molar-refractivity contribution in [2.24, 2.45) is 23.7 Å². The molecule has 3 aliphatic heterocycles. The quantitative estimate of drug-likeness (QED) is 0.117. The van der Waals surface area contributed by atoms with Crippen LogP contribution in [0.15, 0.2) is 48.5 Å². The molecule has 0 spiro atoms. The number of halogens is 2. The first kappa shape index (κ1) is 44.0. The first-order valence-corrected chi connectivity index (χ1v) is 21.6. The number of nitrogens with one attached hydrogen (secondary N) is 4. The summed E-state index contributed by atoms with van der Waals surface area (Å²) in [6, 6.07) is 13.7. The molecule has 0 unspecified atom stereocenters. The summed E-state index contributed by atoms with van der Waals surface area (Å²) in [5, 5.41) is 6.25. The van der Waals surface area contributed by atoms with Crippen LogP contribution in [0.4, 0.5) is 9.59 Å². The van der Waals surface area contributed by atoms with Crippen LogP contribution in [-0.4, -0.2) is 106 Å². The Morgan fingerprint density at radius 1 is 0.705 bits per heavy atom. The summed E-state index contributed by atoms with van der Waals surface area (Å²) in [4.78, 5) is 72.2. The molecule has 61 heavy (non-hydrogen) atoms. The third-order valence-corrected chi connectivity index (χ3v) is 12.6. The first-order chi connectivity index (χ1) is 29.3. The van der Waals surface area contributed by atoms with E-state index in [1.165, 1.54) is 14.2 Å². The third kappa shape index (κ3) is 9.53. The molecule has 3 aliphatic rings. The first-order valence-electron chi connectivity index (χ1n) is 20.9. The van der Waals surface area contributed by atoms with E-state index in [1.807, 2.05) is 67.3 Å². The van der Waals surface area contributed by atoms with Gasteiger partial charge in [0.1, 0.15) is 45.4 Å². The van der Waals surface area contributed by atoms with Crippen LogP contribution in [0.5, 0.6) is 0 Å². The van der Waals surface area contributed by atoms with Crippen LogP contribution in [0.25, 0.3) is 33.6 Å². The second-order valence-corrected chi connectivity index (χ2v) is 17.6. The number of nitrogens with zero attached hydrogens (tertiary/aromatic N) is 4. The number of carbonyl (C=O) groups excluding carboxylic acids is 4. The van der Waals surface area contributed by atoms with Gasteiger partial charge in [0.05, 0.1) is 26.3 Å². The van der Waals surface area contributed by atoms with Gasteiger partial charge in [-0.25, -0.2) is 19.6 Å². The van der Waals surface area contributed by atoms with Gasteiger partial charge in [0, 0.05) is 37.4 Å². The van der Waals surface area contributed by atoms with Gasteiger partial charge in [0.25, 0.3) is 0 Å². The number of H-pyrrole nitrogens is 2. The van der Waals surface area contributed by atoms with Crippen LogP contribution in [0.3, 0.4) is 0 Å². The van der Waals surface area contributed by atoms with Crippen LogP contribution in [0.2, 0.25) is 10.3 Å². The highest BCUT2D eigenvalue weighted by Crippen LogP contribution is 2.40. The van der Waals surface area contributed by atoms with Gasteiger partial charge in [0.15, 0.2) is 0 Å². The Bertz CT molecular complexity index is 2200. The number of methoxy groups -OCH3 is 2. The van der Waals surface area contributed by atoms with Crippen LogP contribution in [-0.2, 0) is 23.8 Å². The molecular weight excluding hydrogens is 823 g/mol. The van der Waals surface area contributed by atoms with E-state index in [1.54, 1.807) is 4.90 Å². The van der Waals surface area contributed by atoms with Crippen LogP contribution >= 0.6 is 23.2 Å². The van der Waals surface area contributed by atoms with Crippen molar-refractivity contribution in [1.29, 1.82) is 0 Å². The van der Waals surface area contributed by atoms with E-state index in [0.29, 0.717) is 85.3 Å². The lowest BCUT2D eigenvalue weighted by Crippen LogP contribution is -2.53. The van der Waals surface area contributed by atoms with Gasteiger partial charge in [0.2, 0.25) is 11.8 Å². The van der Waals surface area contributed by atoms with E-state index in [0.717, 1.165) is 22.3 Å². The van der Waals surface area contributed by atoms with E-state index >= 15 is 0 Å². The number of ether oxygens (including phenoxy) is 3.